The molecule has 0 bridgehead atoms. The lowest BCUT2D eigenvalue weighted by Gasteiger charge is -2.30. The molecule has 8 nitrogen and oxygen atoms in total. The highest BCUT2D eigenvalue weighted by Crippen LogP contribution is 2.17. The predicted octanol–water partition coefficient (Wildman–Crippen LogP) is -0.0544. The molecule has 0 radical (unpaired) electrons. The van der Waals surface area contributed by atoms with Crippen molar-refractivity contribution in [1.82, 2.24) is 5.32 Å². The standard InChI is InChI=1S/C14H30NO7PS/c1-10(17)15-12(13(19)11(18)6-7-16)14(20)21-8-4-2-3-5-9-22-23-24/h11-14,16,18-20,23-24H,2-9H2,1H3,(H,15,17)/t11?,12?,13?,14-/m0/s1. The van der Waals surface area contributed by atoms with E-state index in [-0.39, 0.29) is 27.6 Å². The summed E-state index contributed by atoms with van der Waals surface area (Å²) >= 11 is 3.96. The molecule has 5 N–H and O–H groups in total. The van der Waals surface area contributed by atoms with Crippen molar-refractivity contribution in [2.75, 3.05) is 19.8 Å². The number of unbranched alkanes of at least 4 members (excludes halogenated alkanes) is 3. The molecule has 10 heteroatoms. The van der Waals surface area contributed by atoms with Crippen LogP contribution in [0.5, 0.6) is 0 Å². The molecule has 4 unspecified atom stereocenters. The first-order chi connectivity index (χ1) is 11.4. The van der Waals surface area contributed by atoms with Gasteiger partial charge in [0.1, 0.15) is 12.1 Å². The van der Waals surface area contributed by atoms with Crippen LogP contribution in [0.15, 0.2) is 0 Å². The zero-order valence-corrected chi connectivity index (χ0v) is 15.8. The van der Waals surface area contributed by atoms with E-state index in [1.165, 1.54) is 6.92 Å². The minimum Gasteiger partial charge on any atom is -0.396 e. The summed E-state index contributed by atoms with van der Waals surface area (Å²) in [6.45, 7) is 1.85. The van der Waals surface area contributed by atoms with Gasteiger partial charge < -0.3 is 35.0 Å². The number of aliphatic hydroxyl groups is 4. The number of rotatable bonds is 15. The zero-order chi connectivity index (χ0) is 18.4. The first kappa shape index (κ1) is 24.0. The lowest BCUT2D eigenvalue weighted by Crippen LogP contribution is -2.55. The van der Waals surface area contributed by atoms with E-state index >= 15 is 0 Å². The van der Waals surface area contributed by atoms with E-state index in [1.54, 1.807) is 0 Å². The quantitative estimate of drug-likeness (QED) is 0.101. The van der Waals surface area contributed by atoms with Gasteiger partial charge in [-0.2, -0.15) is 0 Å². The van der Waals surface area contributed by atoms with Gasteiger partial charge in [0.2, 0.25) is 5.91 Å². The predicted molar refractivity (Wildman–Crippen MR) is 95.0 cm³/mol. The molecule has 1 amide bonds. The van der Waals surface area contributed by atoms with Gasteiger partial charge in [-0.05, 0) is 19.3 Å². The van der Waals surface area contributed by atoms with Gasteiger partial charge in [-0.3, -0.25) is 4.79 Å². The van der Waals surface area contributed by atoms with Crippen molar-refractivity contribution >= 4 is 26.2 Å². The van der Waals surface area contributed by atoms with E-state index in [0.717, 1.165) is 19.3 Å². The Labute approximate surface area is 150 Å². The molecule has 0 aromatic rings. The van der Waals surface area contributed by atoms with Gasteiger partial charge in [0.05, 0.1) is 20.7 Å². The van der Waals surface area contributed by atoms with Crippen molar-refractivity contribution in [2.45, 2.75) is 63.6 Å². The van der Waals surface area contributed by atoms with Crippen LogP contribution in [-0.4, -0.2) is 70.7 Å². The van der Waals surface area contributed by atoms with Gasteiger partial charge in [-0.1, -0.05) is 12.8 Å². The SMILES string of the molecule is CC(=O)NC(C(O)C(O)CCO)[C@@H](O)OCCCCCCOPS. The third-order valence-electron chi connectivity index (χ3n) is 3.36. The molecule has 24 heavy (non-hydrogen) atoms. The third kappa shape index (κ3) is 11.5. The van der Waals surface area contributed by atoms with Crippen LogP contribution in [0.2, 0.25) is 0 Å². The first-order valence-electron chi connectivity index (χ1n) is 7.98. The average Bonchev–Trinajstić information content (AvgIpc) is 2.54. The van der Waals surface area contributed by atoms with Crippen LogP contribution in [0, 0.1) is 0 Å². The Morgan fingerprint density at radius 1 is 1.17 bits per heavy atom. The van der Waals surface area contributed by atoms with E-state index in [0.29, 0.717) is 13.0 Å². The summed E-state index contributed by atoms with van der Waals surface area (Å²) < 4.78 is 10.4. The molecule has 0 aliphatic rings. The molecular weight excluding hydrogens is 357 g/mol. The number of aliphatic hydroxyl groups excluding tert-OH is 4. The molecule has 0 aliphatic heterocycles. The van der Waals surface area contributed by atoms with Crippen LogP contribution in [0.3, 0.4) is 0 Å². The largest absolute Gasteiger partial charge is 0.396 e. The fraction of sp³-hybridized carbons (Fsp3) is 0.929. The smallest absolute Gasteiger partial charge is 0.217 e. The van der Waals surface area contributed by atoms with Crippen LogP contribution >= 0.6 is 20.3 Å². The molecule has 0 rings (SSSR count). The number of carbonyl (C=O) groups is 1. The Kier molecular flexibility index (Phi) is 15.3. The van der Waals surface area contributed by atoms with Crippen molar-refractivity contribution in [1.29, 1.82) is 0 Å². The van der Waals surface area contributed by atoms with Gasteiger partial charge in [0.25, 0.3) is 0 Å². The van der Waals surface area contributed by atoms with E-state index < -0.39 is 30.4 Å². The topological polar surface area (TPSA) is 128 Å². The van der Waals surface area contributed by atoms with E-state index in [1.807, 2.05) is 0 Å². The number of thiol groups is 1. The second-order valence-electron chi connectivity index (χ2n) is 5.41. The third-order valence-corrected chi connectivity index (χ3v) is 4.08. The number of amides is 1. The number of hydrogen-bond donors (Lipinski definition) is 6. The highest BCUT2D eigenvalue weighted by Gasteiger charge is 2.33. The van der Waals surface area contributed by atoms with Crippen molar-refractivity contribution in [3.8, 4) is 0 Å². The molecule has 0 heterocycles. The van der Waals surface area contributed by atoms with Gasteiger partial charge in [0, 0.05) is 20.1 Å². The van der Waals surface area contributed by atoms with Crippen molar-refractivity contribution in [3.05, 3.63) is 0 Å². The van der Waals surface area contributed by atoms with Gasteiger partial charge in [0.15, 0.2) is 6.29 Å². The summed E-state index contributed by atoms with van der Waals surface area (Å²) in [5, 5.41) is 40.9. The van der Waals surface area contributed by atoms with Crippen LogP contribution in [-0.2, 0) is 14.1 Å². The Morgan fingerprint density at radius 2 is 1.79 bits per heavy atom. The fourth-order valence-electron chi connectivity index (χ4n) is 2.09. The minimum atomic E-state index is -1.45. The van der Waals surface area contributed by atoms with Crippen LogP contribution in [0.4, 0.5) is 0 Å². The van der Waals surface area contributed by atoms with Gasteiger partial charge in [-0.25, -0.2) is 0 Å². The highest BCUT2D eigenvalue weighted by molar-refractivity contribution is 8.36. The molecule has 0 saturated carbocycles. The van der Waals surface area contributed by atoms with Crippen molar-refractivity contribution in [2.24, 2.45) is 0 Å². The maximum atomic E-state index is 11.2. The van der Waals surface area contributed by atoms with Crippen LogP contribution in [0.25, 0.3) is 0 Å². The van der Waals surface area contributed by atoms with Gasteiger partial charge in [-0.15, -0.1) is 12.2 Å². The fourth-order valence-corrected chi connectivity index (χ4v) is 2.60. The lowest BCUT2D eigenvalue weighted by atomic mass is 10.0. The Morgan fingerprint density at radius 3 is 2.33 bits per heavy atom. The monoisotopic (exact) mass is 387 g/mol. The summed E-state index contributed by atoms with van der Waals surface area (Å²) in [6, 6.07) is -1.17. The summed E-state index contributed by atoms with van der Waals surface area (Å²) in [5.41, 5.74) is 0. The van der Waals surface area contributed by atoms with E-state index in [9.17, 15) is 20.1 Å². The lowest BCUT2D eigenvalue weighted by molar-refractivity contribution is -0.160. The second-order valence-corrected chi connectivity index (χ2v) is 6.43. The van der Waals surface area contributed by atoms with E-state index in [2.05, 4.69) is 17.6 Å². The maximum Gasteiger partial charge on any atom is 0.217 e. The Hall–Kier alpha value is 0.01000. The van der Waals surface area contributed by atoms with Crippen LogP contribution in [0.1, 0.15) is 39.0 Å². The maximum absolute atomic E-state index is 11.2. The van der Waals surface area contributed by atoms with Crippen molar-refractivity contribution in [3.63, 3.8) is 0 Å². The number of hydrogen-bond acceptors (Lipinski definition) is 8. The average molecular weight is 387 g/mol. The van der Waals surface area contributed by atoms with Crippen molar-refractivity contribution < 1.29 is 34.5 Å². The molecule has 0 fully saturated rings. The molecule has 0 aromatic heterocycles. The van der Waals surface area contributed by atoms with Gasteiger partial charge >= 0.3 is 0 Å². The first-order valence-corrected chi connectivity index (χ1v) is 10.2. The molecular formula is C14H30NO7PS. The number of carbonyl (C=O) groups excluding carboxylic acids is 1. The number of nitrogens with one attached hydrogen (secondary N) is 1. The summed E-state index contributed by atoms with van der Waals surface area (Å²) in [4.78, 5) is 11.2. The minimum absolute atomic E-state index is 0.0705. The molecule has 0 aromatic carbocycles. The number of ether oxygens (including phenoxy) is 1. The van der Waals surface area contributed by atoms with Crippen LogP contribution < -0.4 is 5.32 Å². The molecule has 144 valence electrons. The molecule has 5 atom stereocenters. The summed E-state index contributed by atoms with van der Waals surface area (Å²) in [7, 11) is 0.199. The molecule has 0 saturated heterocycles. The Bertz CT molecular complexity index is 327. The molecule has 0 aliphatic carbocycles. The normalized spacial score (nSPS) is 16.9. The summed E-state index contributed by atoms with van der Waals surface area (Å²) in [5.74, 6) is -0.470. The zero-order valence-electron chi connectivity index (χ0n) is 13.9. The second kappa shape index (κ2) is 15.3. The molecule has 0 spiro atoms. The van der Waals surface area contributed by atoms with E-state index in [4.69, 9.17) is 14.4 Å². The summed E-state index contributed by atoms with van der Waals surface area (Å²) in [6.07, 6.45) is -0.756. The Balaban J connectivity index is 4.16. The highest BCUT2D eigenvalue weighted by atomic mass is 32.7.